The fourth-order valence-electron chi connectivity index (χ4n) is 0.731. The molecule has 0 aliphatic carbocycles. The van der Waals surface area contributed by atoms with Crippen molar-refractivity contribution in [1.82, 2.24) is 0 Å². The van der Waals surface area contributed by atoms with E-state index in [1.54, 1.807) is 7.11 Å². The minimum absolute atomic E-state index is 0.0873. The predicted molar refractivity (Wildman–Crippen MR) is 42.0 cm³/mol. The molecule has 1 aromatic rings. The highest BCUT2D eigenvalue weighted by molar-refractivity contribution is 6.45. The number of benzene rings is 1. The van der Waals surface area contributed by atoms with Crippen molar-refractivity contribution < 1.29 is 9.76 Å². The molecular formula is C7H9BO2. The van der Waals surface area contributed by atoms with E-state index in [-0.39, 0.29) is 7.48 Å². The Morgan fingerprint density at radius 1 is 1.30 bits per heavy atom. The molecular weight excluding hydrogens is 127 g/mol. The normalized spacial score (nSPS) is 9.00. The summed E-state index contributed by atoms with van der Waals surface area (Å²) < 4.78 is 4.93. The summed E-state index contributed by atoms with van der Waals surface area (Å²) in [6, 6.07) is 7.31. The average molecular weight is 136 g/mol. The molecule has 0 aliphatic heterocycles. The Morgan fingerprint density at radius 3 is 2.30 bits per heavy atom. The molecule has 2 nitrogen and oxygen atoms in total. The van der Waals surface area contributed by atoms with Crippen molar-refractivity contribution in [2.24, 2.45) is 0 Å². The predicted octanol–water partition coefficient (Wildman–Crippen LogP) is -0.336. The quantitative estimate of drug-likeness (QED) is 0.563. The Kier molecular flexibility index (Phi) is 2.34. The topological polar surface area (TPSA) is 29.5 Å². The van der Waals surface area contributed by atoms with E-state index in [1.165, 1.54) is 0 Å². The van der Waals surface area contributed by atoms with Crippen LogP contribution in [0, 0.1) is 0 Å². The molecule has 0 saturated heterocycles. The van der Waals surface area contributed by atoms with Crippen LogP contribution in [-0.4, -0.2) is 19.6 Å². The van der Waals surface area contributed by atoms with E-state index >= 15 is 0 Å². The van der Waals surface area contributed by atoms with Crippen LogP contribution in [0.1, 0.15) is 0 Å². The molecule has 1 N–H and O–H groups in total. The smallest absolute Gasteiger partial charge is 0.304 e. The second-order valence-corrected chi connectivity index (χ2v) is 2.01. The SMILES string of the molecule is COc1ccc(BO)cc1. The fourth-order valence-corrected chi connectivity index (χ4v) is 0.731. The Balaban J connectivity index is 2.80. The zero-order chi connectivity index (χ0) is 7.40. The van der Waals surface area contributed by atoms with Crippen molar-refractivity contribution in [2.75, 3.05) is 7.11 Å². The Bertz CT molecular complexity index is 172. The molecule has 0 spiro atoms. The molecule has 0 bridgehead atoms. The van der Waals surface area contributed by atoms with E-state index in [2.05, 4.69) is 0 Å². The van der Waals surface area contributed by atoms with Crippen LogP contribution in [0.2, 0.25) is 0 Å². The van der Waals surface area contributed by atoms with Crippen LogP contribution < -0.4 is 10.2 Å². The first-order valence-electron chi connectivity index (χ1n) is 3.10. The van der Waals surface area contributed by atoms with Crippen LogP contribution in [-0.2, 0) is 0 Å². The standard InChI is InChI=1S/C7H9BO2/c1-10-7-4-2-6(8-9)3-5-7/h2-5,8-9H,1H3. The van der Waals surface area contributed by atoms with Gasteiger partial charge in [-0.1, -0.05) is 17.6 Å². The van der Waals surface area contributed by atoms with Crippen LogP contribution in [0.25, 0.3) is 0 Å². The summed E-state index contributed by atoms with van der Waals surface area (Å²) in [5, 5.41) is 8.66. The number of rotatable bonds is 2. The van der Waals surface area contributed by atoms with Crippen LogP contribution in [0.15, 0.2) is 24.3 Å². The second-order valence-electron chi connectivity index (χ2n) is 2.01. The molecule has 1 rings (SSSR count). The van der Waals surface area contributed by atoms with Gasteiger partial charge in [0.05, 0.1) is 7.11 Å². The minimum Gasteiger partial charge on any atom is -0.497 e. The number of hydrogen-bond acceptors (Lipinski definition) is 2. The maximum atomic E-state index is 8.66. The molecule has 0 saturated carbocycles. The summed E-state index contributed by atoms with van der Waals surface area (Å²) in [4.78, 5) is 0. The molecule has 0 heterocycles. The zero-order valence-corrected chi connectivity index (χ0v) is 5.87. The Labute approximate surface area is 60.7 Å². The van der Waals surface area contributed by atoms with Gasteiger partial charge >= 0.3 is 7.48 Å². The van der Waals surface area contributed by atoms with Gasteiger partial charge in [0.2, 0.25) is 0 Å². The molecule has 52 valence electrons. The van der Waals surface area contributed by atoms with Gasteiger partial charge in [-0.05, 0) is 12.1 Å². The van der Waals surface area contributed by atoms with E-state index in [9.17, 15) is 0 Å². The maximum Gasteiger partial charge on any atom is 0.304 e. The molecule has 0 aliphatic rings. The highest BCUT2D eigenvalue weighted by atomic mass is 16.5. The van der Waals surface area contributed by atoms with Gasteiger partial charge in [0, 0.05) is 0 Å². The number of ether oxygens (including phenoxy) is 1. The first kappa shape index (κ1) is 7.16. The first-order valence-corrected chi connectivity index (χ1v) is 3.10. The van der Waals surface area contributed by atoms with Crippen LogP contribution in [0.3, 0.4) is 0 Å². The van der Waals surface area contributed by atoms with E-state index in [0.717, 1.165) is 11.2 Å². The van der Waals surface area contributed by atoms with Gasteiger partial charge in [0.1, 0.15) is 5.75 Å². The molecule has 0 aromatic heterocycles. The van der Waals surface area contributed by atoms with E-state index in [0.29, 0.717) is 0 Å². The Hall–Kier alpha value is -0.955. The molecule has 1 aromatic carbocycles. The largest absolute Gasteiger partial charge is 0.497 e. The third-order valence-electron chi connectivity index (χ3n) is 1.34. The molecule has 10 heavy (non-hydrogen) atoms. The van der Waals surface area contributed by atoms with E-state index in [4.69, 9.17) is 9.76 Å². The third kappa shape index (κ3) is 1.51. The summed E-state index contributed by atoms with van der Waals surface area (Å²) in [5.74, 6) is 0.817. The number of methoxy groups -OCH3 is 1. The summed E-state index contributed by atoms with van der Waals surface area (Å²) in [6.45, 7) is 0. The van der Waals surface area contributed by atoms with Crippen molar-refractivity contribution >= 4 is 12.9 Å². The van der Waals surface area contributed by atoms with Crippen molar-refractivity contribution in [3.8, 4) is 5.75 Å². The van der Waals surface area contributed by atoms with Gasteiger partial charge in [0.25, 0.3) is 0 Å². The van der Waals surface area contributed by atoms with Crippen LogP contribution in [0.5, 0.6) is 5.75 Å². The van der Waals surface area contributed by atoms with E-state index < -0.39 is 0 Å². The van der Waals surface area contributed by atoms with Gasteiger partial charge < -0.3 is 9.76 Å². The van der Waals surface area contributed by atoms with Crippen LogP contribution in [0.4, 0.5) is 0 Å². The van der Waals surface area contributed by atoms with Gasteiger partial charge in [-0.15, -0.1) is 0 Å². The highest BCUT2D eigenvalue weighted by Crippen LogP contribution is 2.04. The molecule has 0 amide bonds. The summed E-state index contributed by atoms with van der Waals surface area (Å²) in [7, 11) is 1.71. The van der Waals surface area contributed by atoms with Crippen molar-refractivity contribution in [1.29, 1.82) is 0 Å². The lowest BCUT2D eigenvalue weighted by atomic mass is 9.89. The van der Waals surface area contributed by atoms with Gasteiger partial charge in [-0.3, -0.25) is 0 Å². The number of hydrogen-bond donors (Lipinski definition) is 1. The lowest BCUT2D eigenvalue weighted by Gasteiger charge is -1.98. The Morgan fingerprint density at radius 2 is 1.90 bits per heavy atom. The monoisotopic (exact) mass is 136 g/mol. The lowest BCUT2D eigenvalue weighted by molar-refractivity contribution is 0.415. The molecule has 3 heteroatoms. The third-order valence-corrected chi connectivity index (χ3v) is 1.34. The van der Waals surface area contributed by atoms with Crippen molar-refractivity contribution in [2.45, 2.75) is 0 Å². The van der Waals surface area contributed by atoms with Gasteiger partial charge in [-0.25, -0.2) is 0 Å². The van der Waals surface area contributed by atoms with Gasteiger partial charge in [0.15, 0.2) is 0 Å². The second kappa shape index (κ2) is 3.27. The first-order chi connectivity index (χ1) is 4.86. The summed E-state index contributed by atoms with van der Waals surface area (Å²) >= 11 is 0. The van der Waals surface area contributed by atoms with Crippen LogP contribution >= 0.6 is 0 Å². The lowest BCUT2D eigenvalue weighted by Crippen LogP contribution is -2.11. The maximum absolute atomic E-state index is 8.66. The van der Waals surface area contributed by atoms with Crippen molar-refractivity contribution in [3.63, 3.8) is 0 Å². The average Bonchev–Trinajstić information content (AvgIpc) is 2.05. The van der Waals surface area contributed by atoms with Gasteiger partial charge in [-0.2, -0.15) is 0 Å². The fraction of sp³-hybridized carbons (Fsp3) is 0.143. The molecule has 0 fully saturated rings. The zero-order valence-electron chi connectivity index (χ0n) is 5.87. The van der Waals surface area contributed by atoms with E-state index in [1.807, 2.05) is 24.3 Å². The molecule has 0 unspecified atom stereocenters. The summed E-state index contributed by atoms with van der Waals surface area (Å²) in [5.41, 5.74) is 0.904. The van der Waals surface area contributed by atoms with Crippen molar-refractivity contribution in [3.05, 3.63) is 24.3 Å². The molecule has 0 radical (unpaired) electrons. The molecule has 0 atom stereocenters. The minimum atomic E-state index is 0.0873. The highest BCUT2D eigenvalue weighted by Gasteiger charge is 1.91. The summed E-state index contributed by atoms with van der Waals surface area (Å²) in [6.07, 6.45) is 0.